The lowest BCUT2D eigenvalue weighted by Crippen LogP contribution is -2.53. The van der Waals surface area contributed by atoms with Gasteiger partial charge in [0.2, 0.25) is 11.8 Å². The first-order chi connectivity index (χ1) is 13.6. The molecule has 2 aliphatic rings. The molecule has 2 aromatic rings. The summed E-state index contributed by atoms with van der Waals surface area (Å²) < 4.78 is 5.74. The highest BCUT2D eigenvalue weighted by atomic mass is 16.5. The predicted octanol–water partition coefficient (Wildman–Crippen LogP) is 3.21. The Morgan fingerprint density at radius 2 is 1.71 bits per heavy atom. The first-order valence-corrected chi connectivity index (χ1v) is 9.94. The van der Waals surface area contributed by atoms with Crippen molar-refractivity contribution in [1.82, 2.24) is 10.2 Å². The average molecular weight is 378 g/mol. The Morgan fingerprint density at radius 3 is 2.43 bits per heavy atom. The number of carbonyl (C=O) groups is 2. The van der Waals surface area contributed by atoms with E-state index in [1.165, 1.54) is 0 Å². The molecule has 146 valence electrons. The van der Waals surface area contributed by atoms with Crippen molar-refractivity contribution in [2.24, 2.45) is 0 Å². The Morgan fingerprint density at radius 1 is 1.04 bits per heavy atom. The van der Waals surface area contributed by atoms with E-state index in [0.29, 0.717) is 32.5 Å². The molecular formula is C23H26N2O3. The van der Waals surface area contributed by atoms with Crippen molar-refractivity contribution >= 4 is 11.8 Å². The first-order valence-electron chi connectivity index (χ1n) is 9.94. The second-order valence-electron chi connectivity index (χ2n) is 7.66. The van der Waals surface area contributed by atoms with Gasteiger partial charge in [-0.15, -0.1) is 0 Å². The first kappa shape index (κ1) is 18.5. The van der Waals surface area contributed by atoms with Gasteiger partial charge in [-0.2, -0.15) is 0 Å². The summed E-state index contributed by atoms with van der Waals surface area (Å²) in [4.78, 5) is 27.2. The normalized spacial score (nSPS) is 20.6. The molecule has 2 heterocycles. The van der Waals surface area contributed by atoms with Gasteiger partial charge in [0.1, 0.15) is 5.75 Å². The average Bonchev–Trinajstić information content (AvgIpc) is 2.74. The molecule has 0 saturated carbocycles. The lowest BCUT2D eigenvalue weighted by molar-refractivity contribution is -0.135. The lowest BCUT2D eigenvalue weighted by Gasteiger charge is -2.42. The third kappa shape index (κ3) is 3.37. The molecule has 28 heavy (non-hydrogen) atoms. The van der Waals surface area contributed by atoms with Crippen LogP contribution in [0.5, 0.6) is 5.75 Å². The van der Waals surface area contributed by atoms with E-state index in [2.05, 4.69) is 5.32 Å². The van der Waals surface area contributed by atoms with Crippen LogP contribution >= 0.6 is 0 Å². The number of para-hydroxylation sites is 1. The van der Waals surface area contributed by atoms with Crippen LogP contribution < -0.4 is 10.1 Å². The van der Waals surface area contributed by atoms with Gasteiger partial charge in [0.15, 0.2) is 0 Å². The number of fused-ring (bicyclic) bond motifs is 1. The summed E-state index contributed by atoms with van der Waals surface area (Å²) in [5.41, 5.74) is 1.45. The van der Waals surface area contributed by atoms with Crippen LogP contribution in [-0.4, -0.2) is 36.4 Å². The summed E-state index contributed by atoms with van der Waals surface area (Å²) >= 11 is 0. The molecular weight excluding hydrogens is 352 g/mol. The van der Waals surface area contributed by atoms with E-state index in [-0.39, 0.29) is 17.9 Å². The topological polar surface area (TPSA) is 58.6 Å². The molecule has 1 N–H and O–H groups in total. The van der Waals surface area contributed by atoms with Crippen LogP contribution in [-0.2, 0) is 15.0 Å². The predicted molar refractivity (Wildman–Crippen MR) is 107 cm³/mol. The van der Waals surface area contributed by atoms with Gasteiger partial charge >= 0.3 is 0 Å². The Kier molecular flexibility index (Phi) is 5.07. The number of hydrogen-bond acceptors (Lipinski definition) is 3. The number of rotatable bonds is 3. The molecule has 2 aromatic carbocycles. The zero-order chi connectivity index (χ0) is 19.6. The summed E-state index contributed by atoms with van der Waals surface area (Å²) in [5, 5.41) is 3.31. The van der Waals surface area contributed by atoms with Gasteiger partial charge in [0.25, 0.3) is 0 Å². The highest BCUT2D eigenvalue weighted by Crippen LogP contribution is 2.38. The van der Waals surface area contributed by atoms with Crippen molar-refractivity contribution in [3.8, 4) is 5.75 Å². The van der Waals surface area contributed by atoms with Crippen molar-refractivity contribution in [3.63, 3.8) is 0 Å². The molecule has 2 aliphatic heterocycles. The number of amides is 2. The van der Waals surface area contributed by atoms with Crippen LogP contribution in [0.3, 0.4) is 0 Å². The maximum absolute atomic E-state index is 13.6. The van der Waals surface area contributed by atoms with Crippen LogP contribution in [0, 0.1) is 0 Å². The molecule has 1 saturated heterocycles. The number of nitrogens with zero attached hydrogens (tertiary/aromatic N) is 1. The van der Waals surface area contributed by atoms with E-state index in [1.54, 1.807) is 6.92 Å². The monoisotopic (exact) mass is 378 g/mol. The number of hydrogen-bond donors (Lipinski definition) is 1. The van der Waals surface area contributed by atoms with E-state index >= 15 is 0 Å². The minimum Gasteiger partial charge on any atom is -0.493 e. The summed E-state index contributed by atoms with van der Waals surface area (Å²) in [5.74, 6) is 0.961. The van der Waals surface area contributed by atoms with E-state index < -0.39 is 5.41 Å². The molecule has 0 aromatic heterocycles. The van der Waals surface area contributed by atoms with Crippen molar-refractivity contribution in [2.75, 3.05) is 19.7 Å². The minimum absolute atomic E-state index is 0.0450. The number of ether oxygens (including phenoxy) is 1. The number of nitrogens with one attached hydrogen (secondary N) is 1. The molecule has 0 bridgehead atoms. The molecule has 0 aliphatic carbocycles. The van der Waals surface area contributed by atoms with E-state index in [4.69, 9.17) is 4.74 Å². The van der Waals surface area contributed by atoms with E-state index in [9.17, 15) is 9.59 Å². The number of carbonyl (C=O) groups excluding carboxylic acids is 2. The van der Waals surface area contributed by atoms with Gasteiger partial charge in [-0.3, -0.25) is 9.59 Å². The Labute approximate surface area is 165 Å². The Hall–Kier alpha value is -2.82. The Balaban J connectivity index is 1.61. The summed E-state index contributed by atoms with van der Waals surface area (Å²) in [6.07, 6.45) is 2.02. The summed E-state index contributed by atoms with van der Waals surface area (Å²) in [6, 6.07) is 17.8. The molecule has 5 heteroatoms. The number of benzene rings is 2. The van der Waals surface area contributed by atoms with Crippen LogP contribution in [0.15, 0.2) is 54.6 Å². The Bertz CT molecular complexity index is 857. The molecule has 2 amide bonds. The molecule has 1 atom stereocenters. The van der Waals surface area contributed by atoms with Gasteiger partial charge < -0.3 is 15.0 Å². The fourth-order valence-corrected chi connectivity index (χ4v) is 4.40. The van der Waals surface area contributed by atoms with Gasteiger partial charge in [0, 0.05) is 32.0 Å². The highest BCUT2D eigenvalue weighted by molar-refractivity contribution is 5.89. The second kappa shape index (κ2) is 7.66. The fraction of sp³-hybridized carbons (Fsp3) is 0.391. The van der Waals surface area contributed by atoms with Gasteiger partial charge in [-0.1, -0.05) is 48.5 Å². The van der Waals surface area contributed by atoms with Crippen LogP contribution in [0.1, 0.15) is 43.4 Å². The molecule has 0 unspecified atom stereocenters. The van der Waals surface area contributed by atoms with Gasteiger partial charge in [-0.25, -0.2) is 0 Å². The molecule has 1 fully saturated rings. The van der Waals surface area contributed by atoms with Crippen LogP contribution in [0.25, 0.3) is 0 Å². The van der Waals surface area contributed by atoms with Crippen molar-refractivity contribution in [2.45, 2.75) is 37.6 Å². The fourth-order valence-electron chi connectivity index (χ4n) is 4.40. The molecule has 0 spiro atoms. The smallest absolute Gasteiger partial charge is 0.231 e. The zero-order valence-corrected chi connectivity index (χ0v) is 16.2. The van der Waals surface area contributed by atoms with Crippen molar-refractivity contribution < 1.29 is 14.3 Å². The SMILES string of the molecule is CC(=O)N1CCC(C(=O)N[C@H]2CCOc3ccccc32)(c2ccccc2)CC1. The van der Waals surface area contributed by atoms with Crippen LogP contribution in [0.2, 0.25) is 0 Å². The third-order valence-electron chi connectivity index (χ3n) is 6.09. The summed E-state index contributed by atoms with van der Waals surface area (Å²) in [7, 11) is 0. The molecule has 0 radical (unpaired) electrons. The maximum atomic E-state index is 13.6. The number of likely N-dealkylation sites (tertiary alicyclic amines) is 1. The van der Waals surface area contributed by atoms with E-state index in [0.717, 1.165) is 23.3 Å². The highest BCUT2D eigenvalue weighted by Gasteiger charge is 2.44. The van der Waals surface area contributed by atoms with Crippen molar-refractivity contribution in [3.05, 3.63) is 65.7 Å². The van der Waals surface area contributed by atoms with Crippen molar-refractivity contribution in [1.29, 1.82) is 0 Å². The molecule has 4 rings (SSSR count). The lowest BCUT2D eigenvalue weighted by atomic mass is 9.71. The molecule has 5 nitrogen and oxygen atoms in total. The van der Waals surface area contributed by atoms with E-state index in [1.807, 2.05) is 59.5 Å². The number of piperidine rings is 1. The standard InChI is InChI=1S/C23H26N2O3/c1-17(26)25-14-12-23(13-15-25,18-7-3-2-4-8-18)22(27)24-20-11-16-28-21-10-6-5-9-19(20)21/h2-10,20H,11-16H2,1H3,(H,24,27)/t20-/m0/s1. The second-order valence-corrected chi connectivity index (χ2v) is 7.66. The summed E-state index contributed by atoms with van der Waals surface area (Å²) in [6.45, 7) is 3.39. The minimum atomic E-state index is -0.611. The van der Waals surface area contributed by atoms with Gasteiger partial charge in [-0.05, 0) is 24.5 Å². The third-order valence-corrected chi connectivity index (χ3v) is 6.09. The zero-order valence-electron chi connectivity index (χ0n) is 16.2. The van der Waals surface area contributed by atoms with Crippen LogP contribution in [0.4, 0.5) is 0 Å². The maximum Gasteiger partial charge on any atom is 0.231 e. The van der Waals surface area contributed by atoms with Gasteiger partial charge in [0.05, 0.1) is 18.1 Å². The quantitative estimate of drug-likeness (QED) is 0.892. The largest absolute Gasteiger partial charge is 0.493 e.